The normalized spacial score (nSPS) is 15.3. The monoisotopic (exact) mass is 414 g/mol. The van der Waals surface area contributed by atoms with Gasteiger partial charge in [-0.05, 0) is 36.4 Å². The molecule has 1 aliphatic rings. The van der Waals surface area contributed by atoms with Gasteiger partial charge in [0.05, 0.1) is 18.1 Å². The van der Waals surface area contributed by atoms with Crippen molar-refractivity contribution in [3.05, 3.63) is 70.6 Å². The predicted molar refractivity (Wildman–Crippen MR) is 106 cm³/mol. The molecule has 9 heteroatoms. The highest BCUT2D eigenvalue weighted by atomic mass is 32.2. The summed E-state index contributed by atoms with van der Waals surface area (Å²) in [6, 6.07) is 14.2. The number of nitrogens with one attached hydrogen (secondary N) is 1. The van der Waals surface area contributed by atoms with E-state index in [9.17, 15) is 18.0 Å². The summed E-state index contributed by atoms with van der Waals surface area (Å²) in [5.41, 5.74) is -0.114. The lowest BCUT2D eigenvalue weighted by Crippen LogP contribution is -2.40. The minimum absolute atomic E-state index is 0.127. The number of carbonyl (C=O) groups excluding carboxylic acids is 1. The maximum atomic E-state index is 12.6. The highest BCUT2D eigenvalue weighted by Gasteiger charge is 2.26. The molecule has 29 heavy (non-hydrogen) atoms. The number of hydrogen-bond acceptors (Lipinski definition) is 6. The molecule has 0 radical (unpaired) electrons. The molecule has 1 aromatic heterocycles. The van der Waals surface area contributed by atoms with Crippen LogP contribution in [0.15, 0.2) is 68.7 Å². The molecule has 0 spiro atoms. The first-order valence-electron chi connectivity index (χ1n) is 8.97. The Morgan fingerprint density at radius 1 is 1.00 bits per heavy atom. The van der Waals surface area contributed by atoms with Gasteiger partial charge < -0.3 is 14.5 Å². The van der Waals surface area contributed by atoms with Crippen LogP contribution in [0.1, 0.15) is 10.4 Å². The van der Waals surface area contributed by atoms with Crippen LogP contribution in [0.5, 0.6) is 0 Å². The molecule has 0 aliphatic carbocycles. The smallest absolute Gasteiger partial charge is 0.349 e. The first-order valence-corrected chi connectivity index (χ1v) is 10.4. The quantitative estimate of drug-likeness (QED) is 0.655. The number of anilines is 1. The molecule has 0 saturated carbocycles. The number of fused-ring (bicyclic) bond motifs is 1. The van der Waals surface area contributed by atoms with Crippen molar-refractivity contribution in [3.63, 3.8) is 0 Å². The summed E-state index contributed by atoms with van der Waals surface area (Å²) in [7, 11) is -3.61. The maximum Gasteiger partial charge on any atom is 0.349 e. The minimum Gasteiger partial charge on any atom is -0.422 e. The highest BCUT2D eigenvalue weighted by Crippen LogP contribution is 2.20. The summed E-state index contributed by atoms with van der Waals surface area (Å²) in [5.74, 6) is -0.631. The second-order valence-corrected chi connectivity index (χ2v) is 8.42. The third kappa shape index (κ3) is 3.93. The third-order valence-electron chi connectivity index (χ3n) is 4.61. The van der Waals surface area contributed by atoms with Crippen molar-refractivity contribution in [2.75, 3.05) is 31.6 Å². The van der Waals surface area contributed by atoms with Crippen molar-refractivity contribution in [1.29, 1.82) is 0 Å². The topological polar surface area (TPSA) is 106 Å². The van der Waals surface area contributed by atoms with Gasteiger partial charge in [0.2, 0.25) is 10.0 Å². The number of hydrogen-bond donors (Lipinski definition) is 1. The van der Waals surface area contributed by atoms with Gasteiger partial charge >= 0.3 is 5.63 Å². The van der Waals surface area contributed by atoms with Crippen LogP contribution in [-0.2, 0) is 14.8 Å². The summed E-state index contributed by atoms with van der Waals surface area (Å²) in [5, 5.41) is 3.22. The Bertz CT molecular complexity index is 1210. The number of nitrogens with zero attached hydrogens (tertiary/aromatic N) is 1. The highest BCUT2D eigenvalue weighted by molar-refractivity contribution is 7.89. The standard InChI is InChI=1S/C20H18N2O6S/c23-19(17-13-14-3-1-2-4-18(14)28-20(17)24)21-15-5-7-16(8-6-15)29(25,26)22-9-11-27-12-10-22/h1-8,13H,9-12H2,(H,21,23). The van der Waals surface area contributed by atoms with Crippen molar-refractivity contribution in [3.8, 4) is 0 Å². The van der Waals surface area contributed by atoms with Crippen molar-refractivity contribution >= 4 is 32.6 Å². The Kier molecular flexibility index (Phi) is 5.18. The fourth-order valence-corrected chi connectivity index (χ4v) is 4.47. The van der Waals surface area contributed by atoms with Crippen molar-refractivity contribution in [2.24, 2.45) is 0 Å². The first-order chi connectivity index (χ1) is 13.9. The van der Waals surface area contributed by atoms with E-state index in [0.29, 0.717) is 43.0 Å². The first kappa shape index (κ1) is 19.3. The fourth-order valence-electron chi connectivity index (χ4n) is 3.06. The average Bonchev–Trinajstić information content (AvgIpc) is 2.74. The molecule has 1 aliphatic heterocycles. The van der Waals surface area contributed by atoms with Gasteiger partial charge in [-0.1, -0.05) is 18.2 Å². The van der Waals surface area contributed by atoms with Gasteiger partial charge in [-0.2, -0.15) is 4.31 Å². The van der Waals surface area contributed by atoms with E-state index in [1.54, 1.807) is 24.3 Å². The van der Waals surface area contributed by atoms with E-state index in [2.05, 4.69) is 5.32 Å². The van der Waals surface area contributed by atoms with Gasteiger partial charge in [0.1, 0.15) is 11.1 Å². The van der Waals surface area contributed by atoms with Crippen LogP contribution in [0, 0.1) is 0 Å². The summed E-state index contributed by atoms with van der Waals surface area (Å²) in [4.78, 5) is 24.7. The van der Waals surface area contributed by atoms with E-state index in [1.165, 1.54) is 34.6 Å². The van der Waals surface area contributed by atoms with Gasteiger partial charge in [-0.15, -0.1) is 0 Å². The molecule has 2 aromatic carbocycles. The van der Waals surface area contributed by atoms with Gasteiger partial charge in [0.25, 0.3) is 5.91 Å². The zero-order valence-corrected chi connectivity index (χ0v) is 16.1. The summed E-state index contributed by atoms with van der Waals surface area (Å²) in [6.07, 6.45) is 0. The molecule has 0 bridgehead atoms. The molecule has 1 saturated heterocycles. The van der Waals surface area contributed by atoms with Crippen molar-refractivity contribution in [2.45, 2.75) is 4.90 Å². The second-order valence-electron chi connectivity index (χ2n) is 6.48. The number of benzene rings is 2. The molecule has 4 rings (SSSR count). The lowest BCUT2D eigenvalue weighted by atomic mass is 10.1. The van der Waals surface area contributed by atoms with Crippen LogP contribution in [0.4, 0.5) is 5.69 Å². The minimum atomic E-state index is -3.61. The summed E-state index contributed by atoms with van der Waals surface area (Å²) >= 11 is 0. The van der Waals surface area contributed by atoms with E-state index in [4.69, 9.17) is 9.15 Å². The molecular formula is C20H18N2O6S. The fraction of sp³-hybridized carbons (Fsp3) is 0.200. The predicted octanol–water partition coefficient (Wildman–Crippen LogP) is 2.07. The van der Waals surface area contributed by atoms with E-state index in [1.807, 2.05) is 0 Å². The zero-order chi connectivity index (χ0) is 20.4. The van der Waals surface area contributed by atoms with Gasteiger partial charge in [0, 0.05) is 24.2 Å². The Morgan fingerprint density at radius 3 is 2.41 bits per heavy atom. The lowest BCUT2D eigenvalue weighted by Gasteiger charge is -2.26. The lowest BCUT2D eigenvalue weighted by molar-refractivity contribution is 0.0730. The molecule has 0 atom stereocenters. The molecule has 1 fully saturated rings. The van der Waals surface area contributed by atoms with E-state index in [0.717, 1.165) is 0 Å². The molecule has 1 N–H and O–H groups in total. The third-order valence-corrected chi connectivity index (χ3v) is 6.52. The molecule has 2 heterocycles. The number of para-hydroxylation sites is 1. The molecule has 150 valence electrons. The van der Waals surface area contributed by atoms with E-state index in [-0.39, 0.29) is 10.5 Å². The molecule has 3 aromatic rings. The van der Waals surface area contributed by atoms with Crippen molar-refractivity contribution < 1.29 is 22.4 Å². The van der Waals surface area contributed by atoms with Crippen LogP contribution >= 0.6 is 0 Å². The van der Waals surface area contributed by atoms with Crippen LogP contribution in [-0.4, -0.2) is 44.9 Å². The average molecular weight is 414 g/mol. The summed E-state index contributed by atoms with van der Waals surface area (Å²) < 4.78 is 37.0. The number of rotatable bonds is 4. The van der Waals surface area contributed by atoms with E-state index < -0.39 is 21.6 Å². The van der Waals surface area contributed by atoms with Gasteiger partial charge in [-0.25, -0.2) is 13.2 Å². The Morgan fingerprint density at radius 2 is 1.69 bits per heavy atom. The van der Waals surface area contributed by atoms with Crippen LogP contribution in [0.25, 0.3) is 11.0 Å². The van der Waals surface area contributed by atoms with Crippen LogP contribution in [0.2, 0.25) is 0 Å². The van der Waals surface area contributed by atoms with Crippen LogP contribution in [0.3, 0.4) is 0 Å². The molecule has 0 unspecified atom stereocenters. The zero-order valence-electron chi connectivity index (χ0n) is 15.3. The van der Waals surface area contributed by atoms with E-state index >= 15 is 0 Å². The second kappa shape index (κ2) is 7.78. The van der Waals surface area contributed by atoms with Crippen LogP contribution < -0.4 is 10.9 Å². The number of amides is 1. The Balaban J connectivity index is 1.54. The van der Waals surface area contributed by atoms with Gasteiger partial charge in [0.15, 0.2) is 0 Å². The molecular weight excluding hydrogens is 396 g/mol. The number of sulfonamides is 1. The number of ether oxygens (including phenoxy) is 1. The largest absolute Gasteiger partial charge is 0.422 e. The Labute approximate surface area is 166 Å². The van der Waals surface area contributed by atoms with Gasteiger partial charge in [-0.3, -0.25) is 4.79 Å². The number of carbonyl (C=O) groups is 1. The maximum absolute atomic E-state index is 12.6. The molecule has 8 nitrogen and oxygen atoms in total. The molecule has 1 amide bonds. The number of morpholine rings is 1. The summed E-state index contributed by atoms with van der Waals surface area (Å²) in [6.45, 7) is 1.33. The van der Waals surface area contributed by atoms with Crippen molar-refractivity contribution in [1.82, 2.24) is 4.31 Å². The SMILES string of the molecule is O=C(Nc1ccc(S(=O)(=O)N2CCOCC2)cc1)c1cc2ccccc2oc1=O. The Hall–Kier alpha value is -3.01.